The number of rotatable bonds is 4. The molecule has 2 aliphatic heterocycles. The van der Waals surface area contributed by atoms with Gasteiger partial charge >= 0.3 is 0 Å². The highest BCUT2D eigenvalue weighted by Gasteiger charge is 2.33. The number of morpholine rings is 1. The lowest BCUT2D eigenvalue weighted by atomic mass is 10.2. The molecule has 22 heavy (non-hydrogen) atoms. The zero-order valence-corrected chi connectivity index (χ0v) is 13.5. The molecule has 0 bridgehead atoms. The molecule has 1 unspecified atom stereocenters. The van der Waals surface area contributed by atoms with Crippen molar-refractivity contribution in [2.45, 2.75) is 19.4 Å². The summed E-state index contributed by atoms with van der Waals surface area (Å²) in [7, 11) is -2.93. The first-order chi connectivity index (χ1) is 10.6. The number of hydrogen-bond donors (Lipinski definition) is 0. The van der Waals surface area contributed by atoms with Crippen molar-refractivity contribution in [2.24, 2.45) is 0 Å². The number of hydrogen-bond acceptors (Lipinski definition) is 8. The van der Waals surface area contributed by atoms with Crippen LogP contribution in [0.2, 0.25) is 0 Å². The fraction of sp³-hybridized carbons (Fsp3) is 0.769. The van der Waals surface area contributed by atoms with Crippen LogP contribution in [0, 0.1) is 0 Å². The number of nitrogens with zero attached hydrogens (tertiary/aromatic N) is 5. The minimum atomic E-state index is -2.93. The van der Waals surface area contributed by atoms with Gasteiger partial charge in [-0.3, -0.25) is 0 Å². The maximum absolute atomic E-state index is 11.7. The van der Waals surface area contributed by atoms with Gasteiger partial charge < -0.3 is 14.5 Å². The van der Waals surface area contributed by atoms with Gasteiger partial charge in [-0.25, -0.2) is 8.42 Å². The molecule has 0 N–H and O–H groups in total. The predicted octanol–water partition coefficient (Wildman–Crippen LogP) is -0.278. The van der Waals surface area contributed by atoms with Crippen LogP contribution in [0.15, 0.2) is 6.20 Å². The van der Waals surface area contributed by atoms with E-state index in [1.165, 1.54) is 0 Å². The Bertz CT molecular complexity index is 618. The highest BCUT2D eigenvalue weighted by atomic mass is 32.2. The Morgan fingerprint density at radius 3 is 2.82 bits per heavy atom. The molecule has 0 spiro atoms. The van der Waals surface area contributed by atoms with E-state index in [9.17, 15) is 8.42 Å². The molecule has 0 aromatic carbocycles. The second kappa shape index (κ2) is 6.33. The van der Waals surface area contributed by atoms with Crippen molar-refractivity contribution in [1.82, 2.24) is 15.2 Å². The summed E-state index contributed by atoms with van der Waals surface area (Å²) in [5.41, 5.74) is 0. The van der Waals surface area contributed by atoms with Crippen molar-refractivity contribution in [3.63, 3.8) is 0 Å². The smallest absolute Gasteiger partial charge is 0.247 e. The molecule has 2 fully saturated rings. The highest BCUT2D eigenvalue weighted by molar-refractivity contribution is 7.91. The third-order valence-corrected chi connectivity index (χ3v) is 5.87. The Morgan fingerprint density at radius 1 is 1.41 bits per heavy atom. The van der Waals surface area contributed by atoms with E-state index in [-0.39, 0.29) is 17.5 Å². The van der Waals surface area contributed by atoms with Gasteiger partial charge in [0, 0.05) is 25.7 Å². The molecule has 122 valence electrons. The van der Waals surface area contributed by atoms with Crippen molar-refractivity contribution >= 4 is 21.6 Å². The molecule has 9 heteroatoms. The molecular weight excluding hydrogens is 306 g/mol. The van der Waals surface area contributed by atoms with Crippen LogP contribution in [0.25, 0.3) is 0 Å². The number of sulfone groups is 1. The van der Waals surface area contributed by atoms with Gasteiger partial charge in [0.15, 0.2) is 15.7 Å². The van der Waals surface area contributed by atoms with Crippen LogP contribution >= 0.6 is 0 Å². The summed E-state index contributed by atoms with van der Waals surface area (Å²) in [5.74, 6) is 1.69. The lowest BCUT2D eigenvalue weighted by molar-refractivity contribution is 0.122. The quantitative estimate of drug-likeness (QED) is 0.746. The molecule has 0 radical (unpaired) electrons. The molecule has 0 saturated carbocycles. The molecule has 3 heterocycles. The maximum atomic E-state index is 11.7. The van der Waals surface area contributed by atoms with Gasteiger partial charge in [-0.1, -0.05) is 0 Å². The van der Waals surface area contributed by atoms with Gasteiger partial charge in [-0.05, 0) is 13.3 Å². The van der Waals surface area contributed by atoms with E-state index >= 15 is 0 Å². The van der Waals surface area contributed by atoms with Crippen LogP contribution < -0.4 is 9.80 Å². The van der Waals surface area contributed by atoms with Crippen LogP contribution in [0.5, 0.6) is 0 Å². The Morgan fingerprint density at radius 2 is 2.18 bits per heavy atom. The van der Waals surface area contributed by atoms with Gasteiger partial charge in [0.25, 0.3) is 0 Å². The van der Waals surface area contributed by atoms with Crippen LogP contribution in [0.1, 0.15) is 13.3 Å². The average molecular weight is 327 g/mol. The van der Waals surface area contributed by atoms with Crippen LogP contribution in [-0.2, 0) is 14.6 Å². The minimum Gasteiger partial charge on any atom is -0.378 e. The Balaban J connectivity index is 1.80. The van der Waals surface area contributed by atoms with Crippen molar-refractivity contribution in [1.29, 1.82) is 0 Å². The number of anilines is 2. The molecule has 8 nitrogen and oxygen atoms in total. The first kappa shape index (κ1) is 15.4. The van der Waals surface area contributed by atoms with Crippen LogP contribution in [0.4, 0.5) is 11.8 Å². The monoisotopic (exact) mass is 327 g/mol. The topological polar surface area (TPSA) is 88.5 Å². The molecule has 1 atom stereocenters. The van der Waals surface area contributed by atoms with E-state index in [0.717, 1.165) is 18.9 Å². The SMILES string of the molecule is CCN(c1nncc(N2CCOCC2)n1)C1CCS(=O)(=O)C1. The summed E-state index contributed by atoms with van der Waals surface area (Å²) in [6.07, 6.45) is 2.27. The molecule has 3 rings (SSSR count). The zero-order valence-electron chi connectivity index (χ0n) is 12.7. The van der Waals surface area contributed by atoms with E-state index in [4.69, 9.17) is 4.74 Å². The summed E-state index contributed by atoms with van der Waals surface area (Å²) < 4.78 is 28.7. The first-order valence-electron chi connectivity index (χ1n) is 7.58. The van der Waals surface area contributed by atoms with Gasteiger partial charge in [0.1, 0.15) is 0 Å². The summed E-state index contributed by atoms with van der Waals surface area (Å²) in [4.78, 5) is 8.65. The zero-order chi connectivity index (χ0) is 15.6. The molecule has 2 saturated heterocycles. The summed E-state index contributed by atoms with van der Waals surface area (Å²) in [5, 5.41) is 8.16. The van der Waals surface area contributed by atoms with Crippen molar-refractivity contribution in [3.8, 4) is 0 Å². The number of ether oxygens (including phenoxy) is 1. The summed E-state index contributed by atoms with van der Waals surface area (Å²) >= 11 is 0. The van der Waals surface area contributed by atoms with Gasteiger partial charge in [-0.15, -0.1) is 5.10 Å². The fourth-order valence-corrected chi connectivity index (χ4v) is 4.67. The minimum absolute atomic E-state index is 0.0586. The van der Waals surface area contributed by atoms with E-state index in [2.05, 4.69) is 20.1 Å². The van der Waals surface area contributed by atoms with Gasteiger partial charge in [0.05, 0.1) is 30.9 Å². The van der Waals surface area contributed by atoms with Crippen molar-refractivity contribution in [3.05, 3.63) is 6.20 Å². The van der Waals surface area contributed by atoms with Crippen LogP contribution in [0.3, 0.4) is 0 Å². The molecule has 2 aliphatic rings. The van der Waals surface area contributed by atoms with Crippen LogP contribution in [-0.4, -0.2) is 74.0 Å². The second-order valence-electron chi connectivity index (χ2n) is 5.56. The van der Waals surface area contributed by atoms with E-state index < -0.39 is 9.84 Å². The fourth-order valence-electron chi connectivity index (χ4n) is 2.94. The van der Waals surface area contributed by atoms with E-state index in [1.807, 2.05) is 11.8 Å². The molecule has 0 amide bonds. The highest BCUT2D eigenvalue weighted by Crippen LogP contribution is 2.22. The Kier molecular flexibility index (Phi) is 4.44. The Hall–Kier alpha value is -1.48. The lowest BCUT2D eigenvalue weighted by Crippen LogP contribution is -2.39. The van der Waals surface area contributed by atoms with Crippen molar-refractivity contribution < 1.29 is 13.2 Å². The second-order valence-corrected chi connectivity index (χ2v) is 7.79. The standard InChI is InChI=1S/C13H21N5O3S/c1-2-18(11-3-8-22(19,20)10-11)13-15-12(9-14-16-13)17-4-6-21-7-5-17/h9,11H,2-8,10H2,1H3. The summed E-state index contributed by atoms with van der Waals surface area (Å²) in [6.45, 7) is 5.56. The van der Waals surface area contributed by atoms with Gasteiger partial charge in [-0.2, -0.15) is 10.1 Å². The first-order valence-corrected chi connectivity index (χ1v) is 9.40. The van der Waals surface area contributed by atoms with Gasteiger partial charge in [0.2, 0.25) is 5.95 Å². The van der Waals surface area contributed by atoms with Crippen molar-refractivity contribution in [2.75, 3.05) is 54.2 Å². The third kappa shape index (κ3) is 3.30. The Labute approximate surface area is 130 Å². The van der Waals surface area contributed by atoms with E-state index in [1.54, 1.807) is 6.20 Å². The number of aromatic nitrogens is 3. The lowest BCUT2D eigenvalue weighted by Gasteiger charge is -2.30. The molecular formula is C13H21N5O3S. The molecule has 0 aliphatic carbocycles. The largest absolute Gasteiger partial charge is 0.378 e. The summed E-state index contributed by atoms with van der Waals surface area (Å²) in [6, 6.07) is -0.0586. The van der Waals surface area contributed by atoms with E-state index in [0.29, 0.717) is 32.1 Å². The molecule has 1 aromatic rings. The third-order valence-electron chi connectivity index (χ3n) is 4.12. The molecule has 1 aromatic heterocycles. The average Bonchev–Trinajstić information content (AvgIpc) is 2.89. The maximum Gasteiger partial charge on any atom is 0.247 e. The normalized spacial score (nSPS) is 24.4. The predicted molar refractivity (Wildman–Crippen MR) is 82.9 cm³/mol.